The number of fused-ring (bicyclic) bond motifs is 3. The lowest BCUT2D eigenvalue weighted by Crippen LogP contribution is -2.13. The minimum absolute atomic E-state index is 0.847. The fraction of sp³-hybridized carbons (Fsp3) is 0.391. The third-order valence-corrected chi connectivity index (χ3v) is 19.6. The second-order valence-electron chi connectivity index (χ2n) is 23.5. The minimum Gasteiger partial charge on any atom is -0.296 e. The molecule has 0 amide bonds. The van der Waals surface area contributed by atoms with Crippen molar-refractivity contribution >= 4 is 32.7 Å². The molecule has 0 unspecified atom stereocenters. The van der Waals surface area contributed by atoms with Gasteiger partial charge in [-0.25, -0.2) is 29.9 Å². The number of aromatic nitrogens is 9. The van der Waals surface area contributed by atoms with Crippen molar-refractivity contribution in [2.24, 2.45) is 0 Å². The summed E-state index contributed by atoms with van der Waals surface area (Å²) in [5.74, 6) is 2.58. The van der Waals surface area contributed by atoms with E-state index in [1.54, 1.807) is 0 Å². The van der Waals surface area contributed by atoms with E-state index in [1.807, 2.05) is 0 Å². The predicted molar refractivity (Wildman–Crippen MR) is 328 cm³/mol. The Labute approximate surface area is 463 Å². The van der Waals surface area contributed by atoms with Crippen molar-refractivity contribution in [3.05, 3.63) is 151 Å². The summed E-state index contributed by atoms with van der Waals surface area (Å²) in [5.41, 5.74) is 40.8. The van der Waals surface area contributed by atoms with Crippen LogP contribution < -0.4 is 0 Å². The van der Waals surface area contributed by atoms with Crippen molar-refractivity contribution in [2.45, 2.75) is 187 Å². The molecule has 0 atom stereocenters. The van der Waals surface area contributed by atoms with Crippen molar-refractivity contribution in [3.8, 4) is 51.2 Å². The minimum atomic E-state index is 0.847. The Morgan fingerprint density at radius 3 is 0.615 bits per heavy atom. The molecule has 78 heavy (non-hydrogen) atoms. The molecule has 0 spiro atoms. The number of benzene rings is 4. The molecule has 402 valence electrons. The molecule has 10 aromatic rings. The molecule has 0 bridgehead atoms. The van der Waals surface area contributed by atoms with E-state index in [-0.39, 0.29) is 0 Å². The molecule has 0 radical (unpaired) electrons. The lowest BCUT2D eigenvalue weighted by Gasteiger charge is -2.25. The molecule has 10 rings (SSSR count). The van der Waals surface area contributed by atoms with Gasteiger partial charge in [0, 0.05) is 49.9 Å². The summed E-state index contributed by atoms with van der Waals surface area (Å²) < 4.78 is 7.09. The molecular formula is C69H81N9. The molecule has 6 aromatic heterocycles. The number of hydrogen-bond donors (Lipinski definition) is 0. The van der Waals surface area contributed by atoms with Crippen LogP contribution in [0.25, 0.3) is 83.9 Å². The van der Waals surface area contributed by atoms with Gasteiger partial charge in [0.1, 0.15) is 0 Å². The highest BCUT2D eigenvalue weighted by Gasteiger charge is 2.31. The summed E-state index contributed by atoms with van der Waals surface area (Å²) in [6.07, 6.45) is 0. The quantitative estimate of drug-likeness (QED) is 0.165. The molecule has 0 saturated heterocycles. The van der Waals surface area contributed by atoms with Crippen LogP contribution in [0.15, 0.2) is 0 Å². The van der Waals surface area contributed by atoms with Gasteiger partial charge in [-0.1, -0.05) is 0 Å². The number of aryl methyl sites for hydroxylation is 15. The molecule has 0 N–H and O–H groups in total. The topological polar surface area (TPSA) is 92.1 Å². The van der Waals surface area contributed by atoms with Crippen molar-refractivity contribution < 1.29 is 0 Å². The van der Waals surface area contributed by atoms with Gasteiger partial charge in [0.05, 0.1) is 67.8 Å². The summed E-state index contributed by atoms with van der Waals surface area (Å²) in [7, 11) is 0. The van der Waals surface area contributed by atoms with Crippen LogP contribution in [0.5, 0.6) is 0 Å². The zero-order chi connectivity index (χ0) is 57.2. The summed E-state index contributed by atoms with van der Waals surface area (Å²) >= 11 is 0. The lowest BCUT2D eigenvalue weighted by atomic mass is 9.83. The Hall–Kier alpha value is -7.26. The Morgan fingerprint density at radius 1 is 0.192 bits per heavy atom. The maximum Gasteiger partial charge on any atom is 0.159 e. The molecule has 6 heterocycles. The number of rotatable bonds is 6. The second kappa shape index (κ2) is 18.4. The summed E-state index contributed by atoms with van der Waals surface area (Å²) in [6.45, 7) is 59.9. The fourth-order valence-corrected chi connectivity index (χ4v) is 13.8. The highest BCUT2D eigenvalue weighted by atomic mass is 15.1. The van der Waals surface area contributed by atoms with Crippen LogP contribution in [0, 0.1) is 187 Å². The summed E-state index contributed by atoms with van der Waals surface area (Å²) in [5, 5.41) is 3.92. The molecule has 0 aliphatic heterocycles. The van der Waals surface area contributed by atoms with E-state index in [2.05, 4.69) is 201 Å². The van der Waals surface area contributed by atoms with E-state index in [0.717, 1.165) is 102 Å². The van der Waals surface area contributed by atoms with Crippen LogP contribution in [0.1, 0.15) is 151 Å². The molecule has 9 heteroatoms. The van der Waals surface area contributed by atoms with Gasteiger partial charge in [-0.05, 0) is 287 Å². The highest BCUT2D eigenvalue weighted by Crippen LogP contribution is 2.47. The van der Waals surface area contributed by atoms with Gasteiger partial charge >= 0.3 is 0 Å². The average Bonchev–Trinajstić information content (AvgIpc) is 4.13. The maximum atomic E-state index is 5.65. The van der Waals surface area contributed by atoms with Gasteiger partial charge in [0.2, 0.25) is 0 Å². The Morgan fingerprint density at radius 2 is 0.397 bits per heavy atom. The third-order valence-electron chi connectivity index (χ3n) is 19.6. The first-order valence-corrected chi connectivity index (χ1v) is 27.9. The van der Waals surface area contributed by atoms with E-state index in [0.29, 0.717) is 0 Å². The molecule has 0 aliphatic carbocycles. The van der Waals surface area contributed by atoms with Crippen LogP contribution in [-0.2, 0) is 0 Å². The van der Waals surface area contributed by atoms with Gasteiger partial charge in [0.15, 0.2) is 17.5 Å². The average molecular weight is 1040 g/mol. The normalized spacial score (nSPS) is 12.0. The SMILES string of the molecule is Cc1nc(-n2c(C)c(C)c3c(C)c(C)c(C)c(C)c32)c(C)nc1-c1c(C)c(-c2nc(C)c(-n3c(C)c(C)c4c(C)c(C)c(C)c(C)c43)nc2C)c(C)c(-c2nc(C)c(-n3c(C)c(C)c4c(C)c(C)c(C)c(C)c43)nc2C)c1C. The van der Waals surface area contributed by atoms with Gasteiger partial charge in [-0.3, -0.25) is 13.7 Å². The van der Waals surface area contributed by atoms with E-state index in [9.17, 15) is 0 Å². The third kappa shape index (κ3) is 7.24. The zero-order valence-electron chi connectivity index (χ0n) is 52.0. The first-order valence-electron chi connectivity index (χ1n) is 27.9. The lowest BCUT2D eigenvalue weighted by molar-refractivity contribution is 0.914. The summed E-state index contributed by atoms with van der Waals surface area (Å²) in [4.78, 5) is 33.7. The van der Waals surface area contributed by atoms with Crippen LogP contribution in [0.2, 0.25) is 0 Å². The Bertz CT molecular complexity index is 3910. The summed E-state index contributed by atoms with van der Waals surface area (Å²) in [6, 6.07) is 0. The zero-order valence-corrected chi connectivity index (χ0v) is 52.0. The van der Waals surface area contributed by atoms with Crippen molar-refractivity contribution in [2.75, 3.05) is 0 Å². The molecule has 0 aliphatic rings. The van der Waals surface area contributed by atoms with Crippen LogP contribution >= 0.6 is 0 Å². The standard InChI is InChI=1S/C69H81N9/c1-28-31(4)37(10)64-58(34(28)7)40(13)52(25)76(64)67-49(22)70-61(46(19)73-67)55-43(16)56(62-47(20)74-68(50(23)71-62)77-53(26)41(14)59-35(8)29(2)32(5)38(11)65(59)77)45(18)57(44(55)17)63-48(21)75-69(51(24)72-63)78-54(27)42(15)60-36(9)30(3)33(6)39(12)66(60)78/h1-27H3. The van der Waals surface area contributed by atoms with Gasteiger partial charge < -0.3 is 0 Å². The highest BCUT2D eigenvalue weighted by molar-refractivity contribution is 5.97. The molecule has 4 aromatic carbocycles. The molecule has 0 fully saturated rings. The van der Waals surface area contributed by atoms with E-state index in [4.69, 9.17) is 29.9 Å². The van der Waals surface area contributed by atoms with Crippen molar-refractivity contribution in [3.63, 3.8) is 0 Å². The van der Waals surface area contributed by atoms with Crippen LogP contribution in [0.4, 0.5) is 0 Å². The number of nitrogens with zero attached hydrogens (tertiary/aromatic N) is 9. The molecule has 9 nitrogen and oxygen atoms in total. The monoisotopic (exact) mass is 1040 g/mol. The fourth-order valence-electron chi connectivity index (χ4n) is 13.8. The van der Waals surface area contributed by atoms with Gasteiger partial charge in [-0.15, -0.1) is 0 Å². The Kier molecular flexibility index (Phi) is 12.8. The molecule has 0 saturated carbocycles. The van der Waals surface area contributed by atoms with Crippen molar-refractivity contribution in [1.82, 2.24) is 43.6 Å². The van der Waals surface area contributed by atoms with Crippen LogP contribution in [-0.4, -0.2) is 43.6 Å². The van der Waals surface area contributed by atoms with E-state index < -0.39 is 0 Å². The Balaban J connectivity index is 1.26. The smallest absolute Gasteiger partial charge is 0.159 e. The largest absolute Gasteiger partial charge is 0.296 e. The van der Waals surface area contributed by atoms with E-state index in [1.165, 1.54) is 133 Å². The van der Waals surface area contributed by atoms with Gasteiger partial charge in [0.25, 0.3) is 0 Å². The molecular weight excluding hydrogens is 955 g/mol. The van der Waals surface area contributed by atoms with Crippen LogP contribution in [0.3, 0.4) is 0 Å². The second-order valence-corrected chi connectivity index (χ2v) is 23.5. The first-order chi connectivity index (χ1) is 36.5. The predicted octanol–water partition coefficient (Wildman–Crippen LogP) is 17.2. The first kappa shape index (κ1) is 54.1. The maximum absolute atomic E-state index is 5.65. The van der Waals surface area contributed by atoms with Gasteiger partial charge in [-0.2, -0.15) is 0 Å². The number of hydrogen-bond acceptors (Lipinski definition) is 6. The van der Waals surface area contributed by atoms with Crippen molar-refractivity contribution in [1.29, 1.82) is 0 Å². The van der Waals surface area contributed by atoms with E-state index >= 15 is 0 Å².